The van der Waals surface area contributed by atoms with Gasteiger partial charge < -0.3 is 16.0 Å². The van der Waals surface area contributed by atoms with Crippen molar-refractivity contribution in [3.8, 4) is 0 Å². The van der Waals surface area contributed by atoms with E-state index in [1.54, 1.807) is 0 Å². The first-order valence-corrected chi connectivity index (χ1v) is 9.13. The molecular weight excluding hydrogens is 286 g/mol. The molecule has 2 atom stereocenters. The van der Waals surface area contributed by atoms with Crippen LogP contribution < -0.4 is 16.0 Å². The van der Waals surface area contributed by atoms with Crippen LogP contribution in [0.15, 0.2) is 24.3 Å². The minimum atomic E-state index is 0.106. The highest BCUT2D eigenvalue weighted by Gasteiger charge is 2.26. The summed E-state index contributed by atoms with van der Waals surface area (Å²) in [7, 11) is 0. The Kier molecular flexibility index (Phi) is 5.55. The van der Waals surface area contributed by atoms with Crippen LogP contribution in [0.4, 0.5) is 11.4 Å². The second-order valence-corrected chi connectivity index (χ2v) is 7.03. The van der Waals surface area contributed by atoms with E-state index >= 15 is 0 Å². The molecule has 0 spiro atoms. The average molecular weight is 315 g/mol. The zero-order valence-corrected chi connectivity index (χ0v) is 14.0. The maximum absolute atomic E-state index is 12.4. The highest BCUT2D eigenvalue weighted by molar-refractivity contribution is 5.94. The summed E-state index contributed by atoms with van der Waals surface area (Å²) < 4.78 is 0. The topological polar surface area (TPSA) is 58.4 Å². The van der Waals surface area contributed by atoms with Crippen LogP contribution in [-0.4, -0.2) is 25.0 Å². The van der Waals surface area contributed by atoms with Crippen molar-refractivity contribution >= 4 is 17.3 Å². The molecule has 0 unspecified atom stereocenters. The second-order valence-electron chi connectivity index (χ2n) is 7.03. The summed E-state index contributed by atoms with van der Waals surface area (Å²) in [6.45, 7) is 2.17. The fraction of sp³-hybridized carbons (Fsp3) is 0.632. The Morgan fingerprint density at radius 1 is 1.09 bits per heavy atom. The Bertz CT molecular complexity index is 523. The van der Waals surface area contributed by atoms with Crippen LogP contribution in [-0.2, 0) is 4.79 Å². The van der Waals surface area contributed by atoms with Crippen molar-refractivity contribution in [2.24, 2.45) is 11.7 Å². The van der Waals surface area contributed by atoms with Crippen molar-refractivity contribution in [3.63, 3.8) is 0 Å². The quantitative estimate of drug-likeness (QED) is 0.893. The summed E-state index contributed by atoms with van der Waals surface area (Å²) >= 11 is 0. The van der Waals surface area contributed by atoms with Crippen LogP contribution in [0.25, 0.3) is 0 Å². The van der Waals surface area contributed by atoms with Gasteiger partial charge >= 0.3 is 0 Å². The highest BCUT2D eigenvalue weighted by atomic mass is 16.1. The van der Waals surface area contributed by atoms with Gasteiger partial charge in [0, 0.05) is 25.6 Å². The molecule has 2 fully saturated rings. The van der Waals surface area contributed by atoms with E-state index in [2.05, 4.69) is 22.3 Å². The number of benzene rings is 1. The molecule has 1 aromatic carbocycles. The van der Waals surface area contributed by atoms with Gasteiger partial charge in [0.2, 0.25) is 5.91 Å². The van der Waals surface area contributed by atoms with Gasteiger partial charge in [-0.25, -0.2) is 0 Å². The molecule has 1 aliphatic carbocycles. The summed E-state index contributed by atoms with van der Waals surface area (Å²) in [5.74, 6) is 0.454. The van der Waals surface area contributed by atoms with Gasteiger partial charge in [-0.1, -0.05) is 31.4 Å². The molecule has 1 saturated heterocycles. The van der Waals surface area contributed by atoms with Crippen molar-refractivity contribution in [1.82, 2.24) is 0 Å². The molecule has 0 aromatic heterocycles. The molecule has 0 bridgehead atoms. The van der Waals surface area contributed by atoms with Crippen molar-refractivity contribution in [3.05, 3.63) is 24.3 Å². The number of anilines is 2. The molecular formula is C19H29N3O. The summed E-state index contributed by atoms with van der Waals surface area (Å²) in [5.41, 5.74) is 8.21. The lowest BCUT2D eigenvalue weighted by molar-refractivity contribution is -0.117. The minimum Gasteiger partial charge on any atom is -0.370 e. The normalized spacial score (nSPS) is 25.2. The molecule has 126 valence electrons. The van der Waals surface area contributed by atoms with Crippen molar-refractivity contribution in [2.75, 3.05) is 23.3 Å². The van der Waals surface area contributed by atoms with Gasteiger partial charge in [0.15, 0.2) is 0 Å². The van der Waals surface area contributed by atoms with Gasteiger partial charge in [-0.2, -0.15) is 0 Å². The number of hydrogen-bond acceptors (Lipinski definition) is 3. The van der Waals surface area contributed by atoms with Crippen LogP contribution in [0.3, 0.4) is 0 Å². The number of carbonyl (C=O) groups excluding carboxylic acids is 1. The Morgan fingerprint density at radius 2 is 1.83 bits per heavy atom. The number of nitrogens with two attached hydrogens (primary N) is 1. The molecule has 3 rings (SSSR count). The maximum atomic E-state index is 12.4. The number of hydrogen-bond donors (Lipinski definition) is 2. The summed E-state index contributed by atoms with van der Waals surface area (Å²) in [6, 6.07) is 8.40. The van der Waals surface area contributed by atoms with Crippen molar-refractivity contribution < 1.29 is 4.79 Å². The van der Waals surface area contributed by atoms with E-state index in [0.717, 1.165) is 38.0 Å². The lowest BCUT2D eigenvalue weighted by Crippen LogP contribution is -2.29. The number of nitrogens with zero attached hydrogens (tertiary/aromatic N) is 1. The Hall–Kier alpha value is -1.55. The average Bonchev–Trinajstić information content (AvgIpc) is 2.79. The minimum absolute atomic E-state index is 0.106. The molecule has 23 heavy (non-hydrogen) atoms. The summed E-state index contributed by atoms with van der Waals surface area (Å²) in [4.78, 5) is 14.9. The van der Waals surface area contributed by atoms with E-state index in [-0.39, 0.29) is 11.9 Å². The Balaban J connectivity index is 1.66. The van der Waals surface area contributed by atoms with Gasteiger partial charge in [0.1, 0.15) is 0 Å². The predicted molar refractivity (Wildman–Crippen MR) is 95.7 cm³/mol. The molecule has 2 aliphatic rings. The largest absolute Gasteiger partial charge is 0.370 e. The predicted octanol–water partition coefficient (Wildman–Crippen LogP) is 3.52. The molecule has 1 amide bonds. The van der Waals surface area contributed by atoms with Crippen LogP contribution in [0, 0.1) is 5.92 Å². The highest BCUT2D eigenvalue weighted by Crippen LogP contribution is 2.30. The molecule has 4 heteroatoms. The van der Waals surface area contributed by atoms with Crippen LogP contribution in [0.2, 0.25) is 0 Å². The number of nitrogens with one attached hydrogen (secondary N) is 1. The zero-order chi connectivity index (χ0) is 16.1. The first-order valence-electron chi connectivity index (χ1n) is 9.13. The smallest absolute Gasteiger partial charge is 0.224 e. The van der Waals surface area contributed by atoms with E-state index in [0.29, 0.717) is 12.3 Å². The van der Waals surface area contributed by atoms with Gasteiger partial charge in [-0.05, 0) is 43.7 Å². The number of rotatable bonds is 4. The van der Waals surface area contributed by atoms with Crippen molar-refractivity contribution in [2.45, 2.75) is 57.4 Å². The third-order valence-corrected chi connectivity index (χ3v) is 5.29. The molecule has 1 saturated carbocycles. The molecule has 1 heterocycles. The first kappa shape index (κ1) is 16.3. The fourth-order valence-electron chi connectivity index (χ4n) is 3.93. The molecule has 1 aliphatic heterocycles. The number of para-hydroxylation sites is 2. The Labute approximate surface area is 139 Å². The summed E-state index contributed by atoms with van der Waals surface area (Å²) in [6.07, 6.45) is 8.94. The number of carbonyl (C=O) groups is 1. The van der Waals surface area contributed by atoms with E-state index in [9.17, 15) is 4.79 Å². The molecule has 4 nitrogen and oxygen atoms in total. The number of amides is 1. The van der Waals surface area contributed by atoms with E-state index in [4.69, 9.17) is 5.73 Å². The van der Waals surface area contributed by atoms with E-state index in [1.807, 2.05) is 12.1 Å². The van der Waals surface area contributed by atoms with Crippen LogP contribution >= 0.6 is 0 Å². The Morgan fingerprint density at radius 3 is 2.52 bits per heavy atom. The van der Waals surface area contributed by atoms with E-state index in [1.165, 1.54) is 31.4 Å². The lowest BCUT2D eigenvalue weighted by atomic mass is 10.00. The lowest BCUT2D eigenvalue weighted by Gasteiger charge is -2.25. The van der Waals surface area contributed by atoms with Crippen molar-refractivity contribution in [1.29, 1.82) is 0 Å². The molecule has 0 radical (unpaired) electrons. The van der Waals surface area contributed by atoms with Gasteiger partial charge in [-0.3, -0.25) is 4.79 Å². The van der Waals surface area contributed by atoms with Gasteiger partial charge in [0.25, 0.3) is 0 Å². The van der Waals surface area contributed by atoms with Gasteiger partial charge in [0.05, 0.1) is 11.4 Å². The zero-order valence-electron chi connectivity index (χ0n) is 14.0. The molecule has 1 aromatic rings. The third-order valence-electron chi connectivity index (χ3n) is 5.29. The third kappa shape index (κ3) is 4.25. The summed E-state index contributed by atoms with van der Waals surface area (Å²) in [5, 5.41) is 3.14. The molecule has 3 N–H and O–H groups in total. The van der Waals surface area contributed by atoms with Gasteiger partial charge in [-0.15, -0.1) is 0 Å². The fourth-order valence-corrected chi connectivity index (χ4v) is 3.93. The van der Waals surface area contributed by atoms with Crippen LogP contribution in [0.5, 0.6) is 0 Å². The maximum Gasteiger partial charge on any atom is 0.224 e. The van der Waals surface area contributed by atoms with E-state index < -0.39 is 0 Å². The SMILES string of the molecule is N[C@@H]1CCC[C@H]1CC(=O)Nc1ccccc1N1CCCCCC1. The second kappa shape index (κ2) is 7.82. The first-order chi connectivity index (χ1) is 11.2. The monoisotopic (exact) mass is 315 g/mol. The standard InChI is InChI=1S/C19H29N3O/c20-16-9-7-8-15(16)14-19(23)21-17-10-3-4-11-18(17)22-12-5-1-2-6-13-22/h3-4,10-11,15-16H,1-2,5-9,12-14,20H2,(H,21,23)/t15-,16+/m0/s1. The van der Waals surface area contributed by atoms with Crippen LogP contribution in [0.1, 0.15) is 51.4 Å².